The Balaban J connectivity index is 1.62. The average Bonchev–Trinajstić information content (AvgIpc) is 3.22. The summed E-state index contributed by atoms with van der Waals surface area (Å²) in [5, 5.41) is 4.56. The number of ketones is 1. The number of H-pyrrole nitrogens is 1. The summed E-state index contributed by atoms with van der Waals surface area (Å²) in [4.78, 5) is 16.9. The highest BCUT2D eigenvalue weighted by Gasteiger charge is 2.25. The number of aryl methyl sites for hydroxylation is 1. The van der Waals surface area contributed by atoms with Gasteiger partial charge in [0.2, 0.25) is 0 Å². The van der Waals surface area contributed by atoms with E-state index in [0.29, 0.717) is 5.92 Å². The molecule has 1 aromatic heterocycles. The predicted octanol–water partition coefficient (Wildman–Crippen LogP) is 6.18. The van der Waals surface area contributed by atoms with Crippen molar-refractivity contribution in [3.8, 4) is 0 Å². The molecule has 3 heteroatoms. The van der Waals surface area contributed by atoms with Crippen LogP contribution in [-0.4, -0.2) is 17.3 Å². The molecule has 152 valence electrons. The number of Topliss-reactive ketones (excluding diaryl/α,β-unsaturated/α-hetero) is 1. The fourth-order valence-corrected chi connectivity index (χ4v) is 4.03. The molecule has 0 unspecified atom stereocenters. The first-order valence-electron chi connectivity index (χ1n) is 10.6. The molecule has 0 radical (unpaired) electrons. The van der Waals surface area contributed by atoms with Crippen molar-refractivity contribution in [2.75, 3.05) is 6.54 Å². The maximum Gasteiger partial charge on any atom is 0.186 e. The van der Waals surface area contributed by atoms with Crippen LogP contribution in [0.2, 0.25) is 0 Å². The number of aromatic nitrogens is 1. The first-order valence-corrected chi connectivity index (χ1v) is 10.6. The quantitative estimate of drug-likeness (QED) is 0.349. The Kier molecular flexibility index (Phi) is 6.10. The first-order chi connectivity index (χ1) is 14.7. The van der Waals surface area contributed by atoms with Crippen LogP contribution in [0.4, 0.5) is 0 Å². The standard InChI is InChI=1S/C27H28N2O/c1-3-20(21-15-13-19(2)14-16-21)17-29-26(22-9-5-4-6-10-22)27(30)24-18-28-25-12-8-7-11-23(24)25/h4-16,18,20,26,28-29H,3,17H2,1-2H3/t20-,26-/m1/s1. The van der Waals surface area contributed by atoms with Crippen LogP contribution in [0.3, 0.4) is 0 Å². The van der Waals surface area contributed by atoms with Crippen molar-refractivity contribution in [1.82, 2.24) is 10.3 Å². The number of carbonyl (C=O) groups excluding carboxylic acids is 1. The van der Waals surface area contributed by atoms with Crippen molar-refractivity contribution in [2.45, 2.75) is 32.2 Å². The van der Waals surface area contributed by atoms with Gasteiger partial charge >= 0.3 is 0 Å². The maximum absolute atomic E-state index is 13.6. The number of hydrogen-bond donors (Lipinski definition) is 2. The molecular formula is C27H28N2O. The van der Waals surface area contributed by atoms with Crippen molar-refractivity contribution in [1.29, 1.82) is 0 Å². The Morgan fingerprint density at radius 3 is 2.33 bits per heavy atom. The number of rotatable bonds is 8. The van der Waals surface area contributed by atoms with Crippen molar-refractivity contribution >= 4 is 16.7 Å². The van der Waals surface area contributed by atoms with E-state index in [1.54, 1.807) is 0 Å². The fraction of sp³-hybridized carbons (Fsp3) is 0.222. The lowest BCUT2D eigenvalue weighted by Gasteiger charge is -2.22. The Morgan fingerprint density at radius 1 is 0.900 bits per heavy atom. The van der Waals surface area contributed by atoms with Gasteiger partial charge in [-0.15, -0.1) is 0 Å². The molecular weight excluding hydrogens is 368 g/mol. The lowest BCUT2D eigenvalue weighted by molar-refractivity contribution is 0.0943. The molecule has 0 saturated carbocycles. The van der Waals surface area contributed by atoms with Crippen LogP contribution in [0, 0.1) is 6.92 Å². The summed E-state index contributed by atoms with van der Waals surface area (Å²) in [6, 6.07) is 26.3. The van der Waals surface area contributed by atoms with E-state index in [9.17, 15) is 4.79 Å². The van der Waals surface area contributed by atoms with Gasteiger partial charge in [0.15, 0.2) is 5.78 Å². The van der Waals surface area contributed by atoms with E-state index in [1.807, 2.05) is 60.8 Å². The van der Waals surface area contributed by atoms with Crippen LogP contribution in [0.1, 0.15) is 52.4 Å². The molecule has 3 nitrogen and oxygen atoms in total. The second-order valence-electron chi connectivity index (χ2n) is 7.88. The van der Waals surface area contributed by atoms with E-state index >= 15 is 0 Å². The van der Waals surface area contributed by atoms with E-state index in [2.05, 4.69) is 48.4 Å². The summed E-state index contributed by atoms with van der Waals surface area (Å²) in [6.45, 7) is 5.05. The van der Waals surface area contributed by atoms with Gasteiger partial charge in [0.1, 0.15) is 0 Å². The van der Waals surface area contributed by atoms with E-state index in [-0.39, 0.29) is 11.8 Å². The molecule has 4 rings (SSSR count). The molecule has 4 aromatic rings. The van der Waals surface area contributed by atoms with Gasteiger partial charge < -0.3 is 10.3 Å². The van der Waals surface area contributed by atoms with Crippen LogP contribution < -0.4 is 5.32 Å². The summed E-state index contributed by atoms with van der Waals surface area (Å²) >= 11 is 0. The monoisotopic (exact) mass is 396 g/mol. The first kappa shape index (κ1) is 20.1. The van der Waals surface area contributed by atoms with Gasteiger partial charge in [-0.05, 0) is 36.5 Å². The van der Waals surface area contributed by atoms with E-state index in [0.717, 1.165) is 35.0 Å². The number of para-hydroxylation sites is 1. The van der Waals surface area contributed by atoms with Crippen LogP contribution >= 0.6 is 0 Å². The van der Waals surface area contributed by atoms with E-state index < -0.39 is 0 Å². The van der Waals surface area contributed by atoms with Crippen LogP contribution in [0.15, 0.2) is 85.1 Å². The minimum atomic E-state index is -0.384. The number of nitrogens with one attached hydrogen (secondary N) is 2. The molecule has 3 aromatic carbocycles. The number of benzene rings is 3. The Hall–Kier alpha value is -3.17. The maximum atomic E-state index is 13.6. The zero-order valence-corrected chi connectivity index (χ0v) is 17.6. The molecule has 0 aliphatic carbocycles. The Morgan fingerprint density at radius 2 is 1.60 bits per heavy atom. The highest BCUT2D eigenvalue weighted by molar-refractivity contribution is 6.10. The highest BCUT2D eigenvalue weighted by Crippen LogP contribution is 2.26. The lowest BCUT2D eigenvalue weighted by atomic mass is 9.93. The molecule has 2 N–H and O–H groups in total. The molecule has 2 atom stereocenters. The lowest BCUT2D eigenvalue weighted by Crippen LogP contribution is -2.32. The van der Waals surface area contributed by atoms with Crippen LogP contribution in [-0.2, 0) is 0 Å². The predicted molar refractivity (Wildman–Crippen MR) is 124 cm³/mol. The number of carbonyl (C=O) groups is 1. The van der Waals surface area contributed by atoms with Gasteiger partial charge in [0, 0.05) is 29.2 Å². The average molecular weight is 397 g/mol. The minimum Gasteiger partial charge on any atom is -0.360 e. The van der Waals surface area contributed by atoms with Crippen molar-refractivity contribution in [3.63, 3.8) is 0 Å². The topological polar surface area (TPSA) is 44.9 Å². The third kappa shape index (κ3) is 4.22. The third-order valence-electron chi connectivity index (χ3n) is 5.86. The van der Waals surface area contributed by atoms with E-state index in [1.165, 1.54) is 11.1 Å². The number of aromatic amines is 1. The zero-order valence-electron chi connectivity index (χ0n) is 17.6. The summed E-state index contributed by atoms with van der Waals surface area (Å²) in [5.74, 6) is 0.449. The van der Waals surface area contributed by atoms with Crippen molar-refractivity contribution in [2.24, 2.45) is 0 Å². The van der Waals surface area contributed by atoms with Crippen molar-refractivity contribution in [3.05, 3.63) is 107 Å². The van der Waals surface area contributed by atoms with E-state index in [4.69, 9.17) is 0 Å². The fourth-order valence-electron chi connectivity index (χ4n) is 4.03. The smallest absolute Gasteiger partial charge is 0.186 e. The molecule has 0 aliphatic heterocycles. The number of hydrogen-bond acceptors (Lipinski definition) is 2. The molecule has 0 aliphatic rings. The van der Waals surface area contributed by atoms with Crippen LogP contribution in [0.5, 0.6) is 0 Å². The molecule has 0 spiro atoms. The Bertz CT molecular complexity index is 1110. The second-order valence-corrected chi connectivity index (χ2v) is 7.88. The minimum absolute atomic E-state index is 0.0948. The zero-order chi connectivity index (χ0) is 20.9. The normalized spacial score (nSPS) is 13.3. The van der Waals surface area contributed by atoms with Crippen LogP contribution in [0.25, 0.3) is 10.9 Å². The summed E-state index contributed by atoms with van der Waals surface area (Å²) in [7, 11) is 0. The molecule has 0 saturated heterocycles. The molecule has 0 amide bonds. The second kappa shape index (κ2) is 9.10. The molecule has 30 heavy (non-hydrogen) atoms. The van der Waals surface area contributed by atoms with Gasteiger partial charge in [-0.2, -0.15) is 0 Å². The number of fused-ring (bicyclic) bond motifs is 1. The van der Waals surface area contributed by atoms with Gasteiger partial charge in [0.25, 0.3) is 0 Å². The van der Waals surface area contributed by atoms with Gasteiger partial charge in [-0.25, -0.2) is 0 Å². The van der Waals surface area contributed by atoms with Gasteiger partial charge in [-0.3, -0.25) is 4.79 Å². The molecule has 0 bridgehead atoms. The molecule has 1 heterocycles. The Labute approximate surface area is 178 Å². The summed E-state index contributed by atoms with van der Waals surface area (Å²) < 4.78 is 0. The summed E-state index contributed by atoms with van der Waals surface area (Å²) in [5.41, 5.74) is 5.28. The highest BCUT2D eigenvalue weighted by atomic mass is 16.1. The largest absolute Gasteiger partial charge is 0.360 e. The molecule has 0 fully saturated rings. The third-order valence-corrected chi connectivity index (χ3v) is 5.86. The SMILES string of the molecule is CC[C@H](CN[C@@H](C(=O)c1c[nH]c2ccccc12)c1ccccc1)c1ccc(C)cc1. The van der Waals surface area contributed by atoms with Gasteiger partial charge in [0.05, 0.1) is 6.04 Å². The van der Waals surface area contributed by atoms with Crippen molar-refractivity contribution < 1.29 is 4.79 Å². The summed E-state index contributed by atoms with van der Waals surface area (Å²) in [6.07, 6.45) is 2.85. The van der Waals surface area contributed by atoms with Gasteiger partial charge in [-0.1, -0.05) is 85.3 Å².